The number of piperidine rings is 1. The molecule has 0 bridgehead atoms. The summed E-state index contributed by atoms with van der Waals surface area (Å²) in [6.07, 6.45) is 9.85. The first-order valence-corrected chi connectivity index (χ1v) is 13.3. The van der Waals surface area contributed by atoms with Gasteiger partial charge in [0.05, 0.1) is 6.20 Å². The number of hydrogen-bond donors (Lipinski definition) is 0. The largest absolute Gasteiger partial charge is 0.487 e. The van der Waals surface area contributed by atoms with E-state index in [0.29, 0.717) is 0 Å². The number of aryl methyl sites for hydroxylation is 1. The topological polar surface area (TPSA) is 42.7 Å². The molecule has 0 spiro atoms. The van der Waals surface area contributed by atoms with Gasteiger partial charge < -0.3 is 4.74 Å². The Kier molecular flexibility index (Phi) is 6.17. The molecule has 2 aromatic heterocycles. The minimum Gasteiger partial charge on any atom is -0.487 e. The molecule has 0 aliphatic carbocycles. The van der Waals surface area contributed by atoms with E-state index in [4.69, 9.17) is 9.72 Å². The summed E-state index contributed by atoms with van der Waals surface area (Å²) in [5, 5.41) is 7.14. The van der Waals surface area contributed by atoms with Gasteiger partial charge in [-0.25, -0.2) is 9.50 Å². The molecule has 188 valence electrons. The first-order valence-electron chi connectivity index (χ1n) is 13.3. The second kappa shape index (κ2) is 9.64. The van der Waals surface area contributed by atoms with Crippen LogP contribution in [0, 0.1) is 6.92 Å². The van der Waals surface area contributed by atoms with Crippen molar-refractivity contribution in [3.05, 3.63) is 84.8 Å². The molecule has 6 rings (SSSR count). The molecule has 0 atom stereocenters. The first-order chi connectivity index (χ1) is 18.0. The molecular weight excluding hydrogens is 456 g/mol. The van der Waals surface area contributed by atoms with Crippen molar-refractivity contribution >= 4 is 16.4 Å². The van der Waals surface area contributed by atoms with Crippen LogP contribution in [-0.2, 0) is 0 Å². The van der Waals surface area contributed by atoms with Gasteiger partial charge in [-0.05, 0) is 86.3 Å². The van der Waals surface area contributed by atoms with Crippen molar-refractivity contribution < 1.29 is 4.74 Å². The lowest BCUT2D eigenvalue weighted by Crippen LogP contribution is -2.44. The third-order valence-electron chi connectivity index (χ3n) is 7.42. The molecule has 1 aliphatic rings. The van der Waals surface area contributed by atoms with Gasteiger partial charge in [-0.15, -0.1) is 0 Å². The van der Waals surface area contributed by atoms with E-state index in [1.165, 1.54) is 48.7 Å². The molecule has 0 saturated carbocycles. The van der Waals surface area contributed by atoms with Gasteiger partial charge in [0.1, 0.15) is 11.4 Å². The van der Waals surface area contributed by atoms with E-state index >= 15 is 0 Å². The average molecular weight is 491 g/mol. The molecule has 0 unspecified atom stereocenters. The summed E-state index contributed by atoms with van der Waals surface area (Å²) in [7, 11) is 0. The van der Waals surface area contributed by atoms with E-state index in [2.05, 4.69) is 97.6 Å². The second-order valence-corrected chi connectivity index (χ2v) is 10.9. The Morgan fingerprint density at radius 1 is 0.811 bits per heavy atom. The van der Waals surface area contributed by atoms with E-state index in [-0.39, 0.29) is 5.60 Å². The summed E-state index contributed by atoms with van der Waals surface area (Å²) < 4.78 is 8.27. The number of fused-ring (bicyclic) bond motifs is 2. The normalized spacial score (nSPS) is 14.9. The smallest absolute Gasteiger partial charge is 0.162 e. The van der Waals surface area contributed by atoms with E-state index in [1.54, 1.807) is 0 Å². The van der Waals surface area contributed by atoms with Crippen LogP contribution in [-0.4, -0.2) is 44.7 Å². The predicted molar refractivity (Wildman–Crippen MR) is 151 cm³/mol. The van der Waals surface area contributed by atoms with E-state index in [9.17, 15) is 0 Å². The summed E-state index contributed by atoms with van der Waals surface area (Å²) in [6, 6.07) is 21.2. The van der Waals surface area contributed by atoms with Crippen molar-refractivity contribution in [3.8, 4) is 28.0 Å². The Morgan fingerprint density at radius 3 is 2.38 bits per heavy atom. The summed E-state index contributed by atoms with van der Waals surface area (Å²) in [5.74, 6) is 0.896. The van der Waals surface area contributed by atoms with Crippen molar-refractivity contribution in [3.63, 3.8) is 0 Å². The molecule has 1 saturated heterocycles. The highest BCUT2D eigenvalue weighted by Gasteiger charge is 2.25. The number of aromatic nitrogens is 3. The zero-order chi connectivity index (χ0) is 25.4. The predicted octanol–water partition coefficient (Wildman–Crippen LogP) is 7.17. The molecule has 0 radical (unpaired) electrons. The molecule has 3 aromatic carbocycles. The lowest BCUT2D eigenvalue weighted by Gasteiger charge is -2.35. The van der Waals surface area contributed by atoms with Gasteiger partial charge in [-0.2, -0.15) is 5.10 Å². The minimum atomic E-state index is -0.231. The van der Waals surface area contributed by atoms with Crippen LogP contribution >= 0.6 is 0 Å². The van der Waals surface area contributed by atoms with Gasteiger partial charge in [0.2, 0.25) is 0 Å². The Balaban J connectivity index is 1.23. The number of benzene rings is 3. The zero-order valence-electron chi connectivity index (χ0n) is 21.9. The molecule has 5 aromatic rings. The van der Waals surface area contributed by atoms with Crippen LogP contribution in [0.2, 0.25) is 0 Å². The molecule has 1 aliphatic heterocycles. The summed E-state index contributed by atoms with van der Waals surface area (Å²) in [5.41, 5.74) is 6.21. The van der Waals surface area contributed by atoms with E-state index in [0.717, 1.165) is 40.2 Å². The highest BCUT2D eigenvalue weighted by Crippen LogP contribution is 2.33. The standard InChI is InChI=1S/C32H34N4O/c1-23-9-7-11-28-27(23)10-8-12-29(28)30-20-34-36-21-25(19-33-31(30)36)24-13-15-26(16-14-24)37-32(2,3)22-35-17-5-4-6-18-35/h7-16,19-21H,4-6,17-18,22H2,1-3H3. The zero-order valence-corrected chi connectivity index (χ0v) is 21.9. The number of ether oxygens (including phenoxy) is 1. The van der Waals surface area contributed by atoms with Gasteiger partial charge in [0.25, 0.3) is 0 Å². The van der Waals surface area contributed by atoms with Crippen molar-refractivity contribution in [1.29, 1.82) is 0 Å². The third kappa shape index (κ3) is 4.84. The van der Waals surface area contributed by atoms with Crippen molar-refractivity contribution in [2.24, 2.45) is 0 Å². The number of hydrogen-bond acceptors (Lipinski definition) is 4. The molecule has 3 heterocycles. The fraction of sp³-hybridized carbons (Fsp3) is 0.312. The van der Waals surface area contributed by atoms with E-state index < -0.39 is 0 Å². The summed E-state index contributed by atoms with van der Waals surface area (Å²) in [4.78, 5) is 7.36. The first kappa shape index (κ1) is 23.7. The van der Waals surface area contributed by atoms with Crippen LogP contribution in [0.3, 0.4) is 0 Å². The van der Waals surface area contributed by atoms with Crippen LogP contribution in [0.4, 0.5) is 0 Å². The Labute approximate surface area is 218 Å². The SMILES string of the molecule is Cc1cccc2c(-c3cnn4cc(-c5ccc(OC(C)(C)CN6CCCCC6)cc5)cnc34)cccc12. The van der Waals surface area contributed by atoms with Crippen molar-refractivity contribution in [1.82, 2.24) is 19.5 Å². The minimum absolute atomic E-state index is 0.231. The molecule has 5 heteroatoms. The van der Waals surface area contributed by atoms with Crippen molar-refractivity contribution in [2.45, 2.75) is 45.6 Å². The van der Waals surface area contributed by atoms with Gasteiger partial charge in [0, 0.05) is 30.1 Å². The van der Waals surface area contributed by atoms with Gasteiger partial charge in [-0.1, -0.05) is 55.0 Å². The monoisotopic (exact) mass is 490 g/mol. The molecule has 37 heavy (non-hydrogen) atoms. The van der Waals surface area contributed by atoms with Gasteiger partial charge in [0.15, 0.2) is 5.65 Å². The number of likely N-dealkylation sites (tertiary alicyclic amines) is 1. The summed E-state index contributed by atoms with van der Waals surface area (Å²) in [6.45, 7) is 9.82. The Bertz CT molecular complexity index is 1540. The average Bonchev–Trinajstić information content (AvgIpc) is 3.32. The maximum Gasteiger partial charge on any atom is 0.162 e. The maximum absolute atomic E-state index is 6.39. The molecule has 5 nitrogen and oxygen atoms in total. The highest BCUT2D eigenvalue weighted by atomic mass is 16.5. The number of nitrogens with zero attached hydrogens (tertiary/aromatic N) is 4. The summed E-state index contributed by atoms with van der Waals surface area (Å²) >= 11 is 0. The van der Waals surface area contributed by atoms with Crippen LogP contribution in [0.5, 0.6) is 5.75 Å². The van der Waals surface area contributed by atoms with Gasteiger partial charge >= 0.3 is 0 Å². The lowest BCUT2D eigenvalue weighted by molar-refractivity contribution is 0.0520. The fourth-order valence-electron chi connectivity index (χ4n) is 5.64. The second-order valence-electron chi connectivity index (χ2n) is 10.9. The van der Waals surface area contributed by atoms with Crippen LogP contribution in [0.25, 0.3) is 38.7 Å². The van der Waals surface area contributed by atoms with Crippen LogP contribution < -0.4 is 4.74 Å². The Morgan fingerprint density at radius 2 is 1.57 bits per heavy atom. The molecule has 0 amide bonds. The molecule has 1 fully saturated rings. The fourth-order valence-corrected chi connectivity index (χ4v) is 5.64. The highest BCUT2D eigenvalue weighted by molar-refractivity contribution is 6.00. The number of rotatable bonds is 6. The molecular formula is C32H34N4O. The van der Waals surface area contributed by atoms with Crippen molar-refractivity contribution in [2.75, 3.05) is 19.6 Å². The Hall–Kier alpha value is -3.70. The maximum atomic E-state index is 6.39. The van der Waals surface area contributed by atoms with Crippen LogP contribution in [0.15, 0.2) is 79.3 Å². The van der Waals surface area contributed by atoms with Gasteiger partial charge in [-0.3, -0.25) is 4.90 Å². The van der Waals surface area contributed by atoms with Crippen LogP contribution in [0.1, 0.15) is 38.7 Å². The molecule has 0 N–H and O–H groups in total. The third-order valence-corrected chi connectivity index (χ3v) is 7.42. The van der Waals surface area contributed by atoms with E-state index in [1.807, 2.05) is 16.9 Å². The lowest BCUT2D eigenvalue weighted by atomic mass is 9.97. The quantitative estimate of drug-likeness (QED) is 0.253.